The number of hydrogen-bond acceptors (Lipinski definition) is 6. The van der Waals surface area contributed by atoms with Gasteiger partial charge in [0.05, 0.1) is 6.42 Å². The van der Waals surface area contributed by atoms with Gasteiger partial charge in [-0.25, -0.2) is 4.79 Å². The molecule has 0 heterocycles. The van der Waals surface area contributed by atoms with Crippen LogP contribution in [-0.2, 0) is 29.9 Å². The largest absolute Gasteiger partial charge is 0.520 e. The third kappa shape index (κ3) is 10.1. The highest BCUT2D eigenvalue weighted by Crippen LogP contribution is 2.10. The Morgan fingerprint density at radius 3 is 2.00 bits per heavy atom. The van der Waals surface area contributed by atoms with Crippen molar-refractivity contribution in [1.29, 1.82) is 0 Å². The molecule has 1 aromatic carbocycles. The Morgan fingerprint density at radius 1 is 0.885 bits per heavy atom. The van der Waals surface area contributed by atoms with Crippen molar-refractivity contribution in [1.82, 2.24) is 0 Å². The highest BCUT2D eigenvalue weighted by molar-refractivity contribution is 6.72. The lowest BCUT2D eigenvalue weighted by molar-refractivity contribution is -0.134. The van der Waals surface area contributed by atoms with Crippen LogP contribution < -0.4 is 0 Å². The summed E-state index contributed by atoms with van der Waals surface area (Å²) in [7, 11) is -4.03. The molecule has 0 N–H and O–H groups in total. The van der Waals surface area contributed by atoms with E-state index in [1.807, 2.05) is 69.6 Å². The highest BCUT2D eigenvalue weighted by atomic mass is 28.4. The van der Waals surface area contributed by atoms with Gasteiger partial charge in [-0.1, -0.05) is 35.5 Å². The van der Waals surface area contributed by atoms with E-state index in [1.54, 1.807) is 0 Å². The first-order chi connectivity index (χ1) is 12.0. The SMILES string of the molecule is C[Si](C)(C)OC(=O)CC/C(=N/OCc1ccccc1)C(=O)O[Si](C)(C)C. The molecule has 8 heteroatoms. The van der Waals surface area contributed by atoms with E-state index in [-0.39, 0.29) is 31.1 Å². The third-order valence-corrected chi connectivity index (χ3v) is 4.51. The molecule has 0 saturated carbocycles. The summed E-state index contributed by atoms with van der Waals surface area (Å²) in [5.74, 6) is -0.862. The second-order valence-electron chi connectivity index (χ2n) is 7.89. The summed E-state index contributed by atoms with van der Waals surface area (Å²) in [6.45, 7) is 11.8. The fraction of sp³-hybridized carbons (Fsp3) is 0.500. The third-order valence-electron chi connectivity index (χ3n) is 2.87. The molecule has 0 atom stereocenters. The zero-order chi connectivity index (χ0) is 19.8. The van der Waals surface area contributed by atoms with Crippen LogP contribution in [0.15, 0.2) is 35.5 Å². The summed E-state index contributed by atoms with van der Waals surface area (Å²) < 4.78 is 10.9. The lowest BCUT2D eigenvalue weighted by atomic mass is 10.2. The van der Waals surface area contributed by atoms with Crippen molar-refractivity contribution < 1.29 is 23.3 Å². The number of oxime groups is 1. The molecule has 1 rings (SSSR count). The van der Waals surface area contributed by atoms with E-state index in [0.717, 1.165) is 5.56 Å². The van der Waals surface area contributed by atoms with E-state index < -0.39 is 22.6 Å². The molecule has 0 radical (unpaired) electrons. The fourth-order valence-corrected chi connectivity index (χ4v) is 3.35. The van der Waals surface area contributed by atoms with Crippen molar-refractivity contribution in [2.24, 2.45) is 5.16 Å². The minimum absolute atomic E-state index is 0.0681. The molecule has 0 saturated heterocycles. The summed E-state index contributed by atoms with van der Waals surface area (Å²) in [4.78, 5) is 29.6. The van der Waals surface area contributed by atoms with Gasteiger partial charge in [-0.15, -0.1) is 0 Å². The van der Waals surface area contributed by atoms with Gasteiger partial charge in [0.25, 0.3) is 5.97 Å². The van der Waals surface area contributed by atoms with Crippen LogP contribution in [-0.4, -0.2) is 34.3 Å². The molecule has 0 aromatic heterocycles. The van der Waals surface area contributed by atoms with E-state index in [1.165, 1.54) is 0 Å². The molecule has 0 spiro atoms. The van der Waals surface area contributed by atoms with Crippen molar-refractivity contribution in [3.63, 3.8) is 0 Å². The van der Waals surface area contributed by atoms with Crippen LogP contribution in [0.3, 0.4) is 0 Å². The van der Waals surface area contributed by atoms with Crippen LogP contribution in [0.5, 0.6) is 0 Å². The molecule has 0 amide bonds. The lowest BCUT2D eigenvalue weighted by Crippen LogP contribution is -2.34. The smallest absolute Gasteiger partial charge is 0.342 e. The molecule has 1 aromatic rings. The minimum atomic E-state index is -2.08. The molecular formula is C18H29NO5Si2. The number of carbonyl (C=O) groups is 2. The Bertz CT molecular complexity index is 633. The topological polar surface area (TPSA) is 74.2 Å². The highest BCUT2D eigenvalue weighted by Gasteiger charge is 2.26. The van der Waals surface area contributed by atoms with Gasteiger partial charge >= 0.3 is 5.97 Å². The molecule has 0 aliphatic carbocycles. The first kappa shape index (κ1) is 22.1. The number of rotatable bonds is 9. The van der Waals surface area contributed by atoms with Gasteiger partial charge < -0.3 is 13.7 Å². The predicted octanol–water partition coefficient (Wildman–Crippen LogP) is 4.10. The van der Waals surface area contributed by atoms with Gasteiger partial charge in [0.15, 0.2) is 5.71 Å². The van der Waals surface area contributed by atoms with Crippen molar-refractivity contribution >= 4 is 34.3 Å². The molecule has 0 aliphatic heterocycles. The zero-order valence-corrected chi connectivity index (χ0v) is 18.5. The first-order valence-corrected chi connectivity index (χ1v) is 15.5. The standard InChI is InChI=1S/C18H29NO5Si2/c1-25(2,3)23-17(20)13-12-16(18(21)24-26(4,5)6)19-22-14-15-10-8-7-9-11-15/h7-11H,12-14H2,1-6H3/b19-16-. The second-order valence-corrected chi connectivity index (χ2v) is 16.7. The molecule has 0 aliphatic rings. The molecular weight excluding hydrogens is 366 g/mol. The van der Waals surface area contributed by atoms with Crippen molar-refractivity contribution in [2.75, 3.05) is 0 Å². The number of nitrogens with zero attached hydrogens (tertiary/aromatic N) is 1. The van der Waals surface area contributed by atoms with Gasteiger partial charge in [0.1, 0.15) is 6.61 Å². The predicted molar refractivity (Wildman–Crippen MR) is 107 cm³/mol. The average Bonchev–Trinajstić information content (AvgIpc) is 2.48. The Balaban J connectivity index is 2.73. The summed E-state index contributed by atoms with van der Waals surface area (Å²) in [6.07, 6.45) is 0.194. The van der Waals surface area contributed by atoms with Gasteiger partial charge in [-0.05, 0) is 44.8 Å². The van der Waals surface area contributed by atoms with Gasteiger partial charge in [-0.2, -0.15) is 0 Å². The van der Waals surface area contributed by atoms with E-state index in [2.05, 4.69) is 5.16 Å². The molecule has 6 nitrogen and oxygen atoms in total. The number of benzene rings is 1. The van der Waals surface area contributed by atoms with Gasteiger partial charge in [0.2, 0.25) is 16.6 Å². The van der Waals surface area contributed by atoms with Crippen LogP contribution in [0.1, 0.15) is 18.4 Å². The van der Waals surface area contributed by atoms with E-state index >= 15 is 0 Å². The average molecular weight is 396 g/mol. The zero-order valence-electron chi connectivity index (χ0n) is 16.5. The Kier molecular flexibility index (Phi) is 8.23. The Labute approximate surface area is 157 Å². The Morgan fingerprint density at radius 2 is 1.46 bits per heavy atom. The lowest BCUT2D eigenvalue weighted by Gasteiger charge is -2.19. The molecule has 0 unspecified atom stereocenters. The maximum atomic E-state index is 12.4. The molecule has 0 bridgehead atoms. The summed E-state index contributed by atoms with van der Waals surface area (Å²) in [5, 5.41) is 3.94. The first-order valence-electron chi connectivity index (χ1n) is 8.64. The normalized spacial score (nSPS) is 12.5. The maximum absolute atomic E-state index is 12.4. The van der Waals surface area contributed by atoms with E-state index in [0.29, 0.717) is 0 Å². The van der Waals surface area contributed by atoms with E-state index in [4.69, 9.17) is 13.7 Å². The molecule has 0 fully saturated rings. The summed E-state index contributed by atoms with van der Waals surface area (Å²) >= 11 is 0. The second kappa shape index (κ2) is 9.68. The van der Waals surface area contributed by atoms with Crippen LogP contribution >= 0.6 is 0 Å². The van der Waals surface area contributed by atoms with Crippen molar-refractivity contribution in [3.05, 3.63) is 35.9 Å². The number of hydrogen-bond donors (Lipinski definition) is 0. The van der Waals surface area contributed by atoms with Crippen molar-refractivity contribution in [3.8, 4) is 0 Å². The van der Waals surface area contributed by atoms with Crippen LogP contribution in [0.2, 0.25) is 39.3 Å². The quantitative estimate of drug-likeness (QED) is 0.357. The van der Waals surface area contributed by atoms with Crippen LogP contribution in [0.25, 0.3) is 0 Å². The maximum Gasteiger partial charge on any atom is 0.342 e. The molecule has 26 heavy (non-hydrogen) atoms. The van der Waals surface area contributed by atoms with Gasteiger partial charge in [-0.3, -0.25) is 4.79 Å². The van der Waals surface area contributed by atoms with Crippen LogP contribution in [0, 0.1) is 0 Å². The Hall–Kier alpha value is -1.94. The number of carbonyl (C=O) groups excluding carboxylic acids is 2. The fourth-order valence-electron chi connectivity index (χ4n) is 1.89. The van der Waals surface area contributed by atoms with Crippen LogP contribution in [0.4, 0.5) is 0 Å². The molecule has 144 valence electrons. The summed E-state index contributed by atoms with van der Waals surface area (Å²) in [5.41, 5.74) is 1.04. The van der Waals surface area contributed by atoms with Gasteiger partial charge in [0, 0.05) is 6.42 Å². The minimum Gasteiger partial charge on any atom is -0.520 e. The summed E-state index contributed by atoms with van der Waals surface area (Å²) in [6, 6.07) is 9.51. The monoisotopic (exact) mass is 395 g/mol. The van der Waals surface area contributed by atoms with Crippen molar-refractivity contribution in [2.45, 2.75) is 58.7 Å². The van der Waals surface area contributed by atoms with E-state index in [9.17, 15) is 9.59 Å².